The first-order chi connectivity index (χ1) is 10.8. The highest BCUT2D eigenvalue weighted by Gasteiger charge is 2.35. The number of hydrogen-bond acceptors (Lipinski definition) is 3. The fourth-order valence-corrected chi connectivity index (χ4v) is 2.06. The Kier molecular flexibility index (Phi) is 6.39. The Morgan fingerprint density at radius 2 is 2.04 bits per heavy atom. The number of carbonyl (C=O) groups excluding carboxylic acids is 1. The van der Waals surface area contributed by atoms with Crippen molar-refractivity contribution >= 4 is 18.3 Å². The summed E-state index contributed by atoms with van der Waals surface area (Å²) in [5, 5.41) is 3.70. The number of aromatic nitrogens is 2. The van der Waals surface area contributed by atoms with E-state index in [2.05, 4.69) is 5.10 Å². The van der Waals surface area contributed by atoms with Crippen LogP contribution in [0.4, 0.5) is 13.2 Å². The van der Waals surface area contributed by atoms with E-state index in [1.807, 2.05) is 0 Å². The number of amides is 1. The number of rotatable bonds is 4. The maximum absolute atomic E-state index is 13.0. The standard InChI is InChI=1S/C15H17F3N4O.ClH/c1-10(9-19)21(2)14(23)11-4-3-5-12(8-11)22-13(6-7-20-22)15(16,17)18;/h3-8,10H,9,19H2,1-2H3;1H. The molecule has 9 heteroatoms. The molecule has 2 rings (SSSR count). The molecule has 0 bridgehead atoms. The number of nitrogens with two attached hydrogens (primary N) is 1. The van der Waals surface area contributed by atoms with Crippen LogP contribution < -0.4 is 5.73 Å². The van der Waals surface area contributed by atoms with Gasteiger partial charge in [0.15, 0.2) is 0 Å². The zero-order valence-corrected chi connectivity index (χ0v) is 13.9. The topological polar surface area (TPSA) is 64.2 Å². The van der Waals surface area contributed by atoms with Gasteiger partial charge in [-0.3, -0.25) is 4.79 Å². The van der Waals surface area contributed by atoms with Gasteiger partial charge in [0.2, 0.25) is 0 Å². The largest absolute Gasteiger partial charge is 0.433 e. The summed E-state index contributed by atoms with van der Waals surface area (Å²) in [6.45, 7) is 2.08. The highest BCUT2D eigenvalue weighted by atomic mass is 35.5. The monoisotopic (exact) mass is 362 g/mol. The van der Waals surface area contributed by atoms with Gasteiger partial charge in [-0.05, 0) is 31.2 Å². The molecule has 132 valence electrons. The first kappa shape index (κ1) is 20.0. The van der Waals surface area contributed by atoms with Gasteiger partial charge in [-0.25, -0.2) is 4.68 Å². The SMILES string of the molecule is CC(CN)N(C)C(=O)c1cccc(-n2nccc2C(F)(F)F)c1.Cl. The molecule has 0 fully saturated rings. The van der Waals surface area contributed by atoms with Gasteiger partial charge in [-0.1, -0.05) is 6.07 Å². The summed E-state index contributed by atoms with van der Waals surface area (Å²) < 4.78 is 39.6. The molecular formula is C15H18ClF3N4O. The van der Waals surface area contributed by atoms with E-state index in [4.69, 9.17) is 5.73 Å². The number of hydrogen-bond donors (Lipinski definition) is 1. The van der Waals surface area contributed by atoms with Gasteiger partial charge >= 0.3 is 6.18 Å². The number of carbonyl (C=O) groups is 1. The van der Waals surface area contributed by atoms with Gasteiger partial charge < -0.3 is 10.6 Å². The van der Waals surface area contributed by atoms with Gasteiger partial charge in [0, 0.05) is 25.2 Å². The van der Waals surface area contributed by atoms with Crippen molar-refractivity contribution in [3.05, 3.63) is 47.8 Å². The summed E-state index contributed by atoms with van der Waals surface area (Å²) in [6.07, 6.45) is -3.46. The molecule has 5 nitrogen and oxygen atoms in total. The first-order valence-electron chi connectivity index (χ1n) is 6.94. The van der Waals surface area contributed by atoms with E-state index in [0.717, 1.165) is 16.9 Å². The Morgan fingerprint density at radius 1 is 1.38 bits per heavy atom. The Morgan fingerprint density at radius 3 is 2.62 bits per heavy atom. The molecular weight excluding hydrogens is 345 g/mol. The molecule has 1 heterocycles. The summed E-state index contributed by atoms with van der Waals surface area (Å²) >= 11 is 0. The zero-order chi connectivity index (χ0) is 17.2. The van der Waals surface area contributed by atoms with Crippen molar-refractivity contribution in [3.8, 4) is 5.69 Å². The van der Waals surface area contributed by atoms with E-state index >= 15 is 0 Å². The smallest absolute Gasteiger partial charge is 0.338 e. The van der Waals surface area contributed by atoms with Crippen LogP contribution in [-0.2, 0) is 6.18 Å². The van der Waals surface area contributed by atoms with Crippen LogP contribution in [0.5, 0.6) is 0 Å². The Bertz CT molecular complexity index is 702. The van der Waals surface area contributed by atoms with Crippen LogP contribution in [0.1, 0.15) is 23.0 Å². The summed E-state index contributed by atoms with van der Waals surface area (Å²) in [7, 11) is 1.60. The quantitative estimate of drug-likeness (QED) is 0.909. The third-order valence-electron chi connectivity index (χ3n) is 3.59. The molecule has 0 aliphatic rings. The van der Waals surface area contributed by atoms with Gasteiger partial charge in [-0.2, -0.15) is 18.3 Å². The third kappa shape index (κ3) is 4.07. The van der Waals surface area contributed by atoms with Gasteiger partial charge in [0.05, 0.1) is 11.9 Å². The predicted molar refractivity (Wildman–Crippen MR) is 86.4 cm³/mol. The van der Waals surface area contributed by atoms with Crippen LogP contribution in [-0.4, -0.2) is 40.2 Å². The minimum atomic E-state index is -4.53. The zero-order valence-electron chi connectivity index (χ0n) is 13.1. The van der Waals surface area contributed by atoms with Crippen molar-refractivity contribution in [2.75, 3.05) is 13.6 Å². The maximum atomic E-state index is 13.0. The van der Waals surface area contributed by atoms with E-state index in [0.29, 0.717) is 6.54 Å². The number of likely N-dealkylation sites (N-methyl/N-ethyl adjacent to an activating group) is 1. The van der Waals surface area contributed by atoms with Crippen LogP contribution in [0.15, 0.2) is 36.5 Å². The molecule has 0 saturated heterocycles. The summed E-state index contributed by atoms with van der Waals surface area (Å²) in [5.74, 6) is -0.314. The molecule has 24 heavy (non-hydrogen) atoms. The van der Waals surface area contributed by atoms with Crippen molar-refractivity contribution in [2.45, 2.75) is 19.1 Å². The second-order valence-electron chi connectivity index (χ2n) is 5.18. The van der Waals surface area contributed by atoms with Gasteiger partial charge in [0.25, 0.3) is 5.91 Å². The molecule has 1 aromatic heterocycles. The lowest BCUT2D eigenvalue weighted by Gasteiger charge is -2.24. The second kappa shape index (κ2) is 7.67. The normalized spacial score (nSPS) is 12.4. The van der Waals surface area contributed by atoms with Crippen molar-refractivity contribution in [2.24, 2.45) is 5.73 Å². The summed E-state index contributed by atoms with van der Waals surface area (Å²) in [6, 6.07) is 6.61. The summed E-state index contributed by atoms with van der Waals surface area (Å²) in [5.41, 5.74) is 5.07. The highest BCUT2D eigenvalue weighted by Crippen LogP contribution is 2.30. The lowest BCUT2D eigenvalue weighted by molar-refractivity contribution is -0.142. The summed E-state index contributed by atoms with van der Waals surface area (Å²) in [4.78, 5) is 13.8. The minimum Gasteiger partial charge on any atom is -0.338 e. The predicted octanol–water partition coefficient (Wildman–Crippen LogP) is 2.73. The molecule has 0 radical (unpaired) electrons. The van der Waals surface area contributed by atoms with E-state index in [1.54, 1.807) is 20.0 Å². The fourth-order valence-electron chi connectivity index (χ4n) is 2.06. The third-order valence-corrected chi connectivity index (χ3v) is 3.59. The average Bonchev–Trinajstić information content (AvgIpc) is 3.02. The van der Waals surface area contributed by atoms with Crippen molar-refractivity contribution in [1.29, 1.82) is 0 Å². The van der Waals surface area contributed by atoms with Crippen molar-refractivity contribution < 1.29 is 18.0 Å². The molecule has 0 aliphatic heterocycles. The number of halogens is 4. The Balaban J connectivity index is 0.00000288. The lowest BCUT2D eigenvalue weighted by Crippen LogP contribution is -2.39. The molecule has 2 aromatic rings. The van der Waals surface area contributed by atoms with Crippen LogP contribution in [0, 0.1) is 0 Å². The average molecular weight is 363 g/mol. The maximum Gasteiger partial charge on any atom is 0.433 e. The molecule has 1 aromatic carbocycles. The van der Waals surface area contributed by atoms with Crippen LogP contribution in [0.2, 0.25) is 0 Å². The lowest BCUT2D eigenvalue weighted by atomic mass is 10.1. The van der Waals surface area contributed by atoms with Crippen LogP contribution in [0.25, 0.3) is 5.69 Å². The number of benzene rings is 1. The van der Waals surface area contributed by atoms with Crippen molar-refractivity contribution in [3.63, 3.8) is 0 Å². The second-order valence-corrected chi connectivity index (χ2v) is 5.18. The molecule has 1 unspecified atom stereocenters. The van der Waals surface area contributed by atoms with Crippen LogP contribution >= 0.6 is 12.4 Å². The fraction of sp³-hybridized carbons (Fsp3) is 0.333. The van der Waals surface area contributed by atoms with Gasteiger partial charge in [0.1, 0.15) is 5.69 Å². The van der Waals surface area contributed by atoms with E-state index < -0.39 is 11.9 Å². The molecule has 0 saturated carbocycles. The van der Waals surface area contributed by atoms with Crippen LogP contribution in [0.3, 0.4) is 0 Å². The Labute approximate surface area is 143 Å². The van der Waals surface area contributed by atoms with E-state index in [-0.39, 0.29) is 35.6 Å². The molecule has 1 amide bonds. The molecule has 0 aliphatic carbocycles. The van der Waals surface area contributed by atoms with E-state index in [1.165, 1.54) is 23.1 Å². The minimum absolute atomic E-state index is 0. The number of alkyl halides is 3. The van der Waals surface area contributed by atoms with Gasteiger partial charge in [-0.15, -0.1) is 12.4 Å². The van der Waals surface area contributed by atoms with Crippen molar-refractivity contribution in [1.82, 2.24) is 14.7 Å². The first-order valence-corrected chi connectivity index (χ1v) is 6.94. The van der Waals surface area contributed by atoms with E-state index in [9.17, 15) is 18.0 Å². The number of nitrogens with zero attached hydrogens (tertiary/aromatic N) is 3. The highest BCUT2D eigenvalue weighted by molar-refractivity contribution is 5.94. The molecule has 0 spiro atoms. The molecule has 2 N–H and O–H groups in total. The Hall–Kier alpha value is -2.06. The molecule has 1 atom stereocenters.